The van der Waals surface area contributed by atoms with Gasteiger partial charge < -0.3 is 19.8 Å². The number of hydrogen-bond donors (Lipinski definition) is 2. The molecule has 0 saturated carbocycles. The van der Waals surface area contributed by atoms with Crippen LogP contribution >= 0.6 is 0 Å². The number of aromatic nitrogens is 4. The van der Waals surface area contributed by atoms with Crippen LogP contribution < -0.4 is 20.3 Å². The van der Waals surface area contributed by atoms with Gasteiger partial charge in [-0.3, -0.25) is 14.6 Å². The molecule has 1 aliphatic heterocycles. The number of benzene rings is 1. The molecule has 2 N–H and O–H groups in total. The van der Waals surface area contributed by atoms with E-state index in [4.69, 9.17) is 9.47 Å². The molecule has 3 aromatic heterocycles. The number of anilines is 1. The summed E-state index contributed by atoms with van der Waals surface area (Å²) >= 11 is 0. The van der Waals surface area contributed by atoms with Crippen LogP contribution in [0.1, 0.15) is 13.3 Å². The second-order valence-corrected chi connectivity index (χ2v) is 6.69. The zero-order valence-corrected chi connectivity index (χ0v) is 16.0. The Balaban J connectivity index is 1.73. The first-order chi connectivity index (χ1) is 14.6. The predicted octanol–water partition coefficient (Wildman–Crippen LogP) is 2.83. The topological polar surface area (TPSA) is 111 Å². The fourth-order valence-corrected chi connectivity index (χ4v) is 3.32. The quantitative estimate of drug-likeness (QED) is 0.542. The number of amides is 1. The van der Waals surface area contributed by atoms with Gasteiger partial charge in [-0.1, -0.05) is 13.0 Å². The molecule has 150 valence electrons. The van der Waals surface area contributed by atoms with Crippen molar-refractivity contribution in [1.29, 1.82) is 0 Å². The number of fused-ring (bicyclic) bond motifs is 2. The molecule has 1 aromatic carbocycles. The molecule has 9 nitrogen and oxygen atoms in total. The maximum atomic E-state index is 12.9. The summed E-state index contributed by atoms with van der Waals surface area (Å²) in [5.74, 6) is 1.34. The number of carbonyl (C=O) groups is 1. The van der Waals surface area contributed by atoms with Crippen LogP contribution in [0.3, 0.4) is 0 Å². The van der Waals surface area contributed by atoms with Gasteiger partial charge in [0, 0.05) is 24.2 Å². The number of ether oxygens (including phenoxy) is 2. The molecule has 0 saturated heterocycles. The highest BCUT2D eigenvalue weighted by molar-refractivity contribution is 5.97. The fraction of sp³-hybridized carbons (Fsp3) is 0.143. The fourth-order valence-electron chi connectivity index (χ4n) is 3.32. The Morgan fingerprint density at radius 1 is 1.20 bits per heavy atom. The molecular formula is C21H17N5O4. The van der Waals surface area contributed by atoms with Crippen LogP contribution in [0.2, 0.25) is 0 Å². The lowest BCUT2D eigenvalue weighted by molar-refractivity contribution is -0.115. The summed E-state index contributed by atoms with van der Waals surface area (Å²) in [4.78, 5) is 32.5. The average molecular weight is 403 g/mol. The first-order valence-corrected chi connectivity index (χ1v) is 9.41. The maximum Gasteiger partial charge on any atom is 0.274 e. The van der Waals surface area contributed by atoms with E-state index in [1.165, 1.54) is 10.6 Å². The zero-order chi connectivity index (χ0) is 20.7. The first-order valence-electron chi connectivity index (χ1n) is 9.41. The molecule has 0 fully saturated rings. The molecule has 1 aliphatic rings. The first kappa shape index (κ1) is 17.9. The van der Waals surface area contributed by atoms with E-state index in [0.717, 1.165) is 5.56 Å². The summed E-state index contributed by atoms with van der Waals surface area (Å²) in [5.41, 5.74) is 2.54. The molecule has 5 rings (SSSR count). The molecule has 4 aromatic rings. The van der Waals surface area contributed by atoms with Crippen molar-refractivity contribution in [1.82, 2.24) is 19.6 Å². The molecule has 0 aliphatic carbocycles. The van der Waals surface area contributed by atoms with Crippen molar-refractivity contribution in [2.75, 3.05) is 12.1 Å². The monoisotopic (exact) mass is 403 g/mol. The summed E-state index contributed by atoms with van der Waals surface area (Å²) in [6, 6.07) is 12.3. The third kappa shape index (κ3) is 2.96. The average Bonchev–Trinajstić information content (AvgIpc) is 3.38. The largest absolute Gasteiger partial charge is 0.454 e. The van der Waals surface area contributed by atoms with Crippen molar-refractivity contribution >= 4 is 17.4 Å². The lowest BCUT2D eigenvalue weighted by atomic mass is 10.1. The SMILES string of the molecule is CCC(=O)Nc1nn2c(=O)cc(-c3ccc4c(c3)OCO4)[nH]c2c1-c1ccccn1. The van der Waals surface area contributed by atoms with Gasteiger partial charge in [-0.05, 0) is 30.3 Å². The van der Waals surface area contributed by atoms with Crippen molar-refractivity contribution in [3.05, 3.63) is 59.0 Å². The Kier molecular flexibility index (Phi) is 4.20. The van der Waals surface area contributed by atoms with E-state index < -0.39 is 0 Å². The summed E-state index contributed by atoms with van der Waals surface area (Å²) in [7, 11) is 0. The van der Waals surface area contributed by atoms with Crippen LogP contribution in [-0.2, 0) is 4.79 Å². The van der Waals surface area contributed by atoms with E-state index >= 15 is 0 Å². The summed E-state index contributed by atoms with van der Waals surface area (Å²) in [6.07, 6.45) is 1.93. The number of hydrogen-bond acceptors (Lipinski definition) is 6. The number of rotatable bonds is 4. The zero-order valence-electron chi connectivity index (χ0n) is 16.0. The Labute approximate surface area is 170 Å². The minimum absolute atomic E-state index is 0.168. The van der Waals surface area contributed by atoms with Gasteiger partial charge in [-0.2, -0.15) is 4.52 Å². The normalized spacial score (nSPS) is 12.3. The van der Waals surface area contributed by atoms with E-state index in [1.807, 2.05) is 12.1 Å². The minimum atomic E-state index is -0.342. The number of nitrogens with one attached hydrogen (secondary N) is 2. The van der Waals surface area contributed by atoms with Gasteiger partial charge in [0.1, 0.15) is 5.65 Å². The summed E-state index contributed by atoms with van der Waals surface area (Å²) in [6.45, 7) is 1.91. The number of H-pyrrole nitrogens is 1. The van der Waals surface area contributed by atoms with Crippen LogP contribution in [-0.4, -0.2) is 32.3 Å². The van der Waals surface area contributed by atoms with Crippen molar-refractivity contribution in [3.8, 4) is 34.0 Å². The lowest BCUT2D eigenvalue weighted by Crippen LogP contribution is -2.15. The maximum absolute atomic E-state index is 12.9. The summed E-state index contributed by atoms with van der Waals surface area (Å²) < 4.78 is 12.0. The van der Waals surface area contributed by atoms with Gasteiger partial charge >= 0.3 is 0 Å². The Bertz CT molecular complexity index is 1330. The molecule has 0 atom stereocenters. The van der Waals surface area contributed by atoms with Crippen LogP contribution in [0, 0.1) is 0 Å². The van der Waals surface area contributed by atoms with Gasteiger partial charge in [-0.15, -0.1) is 5.10 Å². The Morgan fingerprint density at radius 2 is 2.07 bits per heavy atom. The number of nitrogens with zero attached hydrogens (tertiary/aromatic N) is 3. The van der Waals surface area contributed by atoms with Crippen molar-refractivity contribution < 1.29 is 14.3 Å². The molecule has 0 bridgehead atoms. The number of carbonyl (C=O) groups excluding carboxylic acids is 1. The van der Waals surface area contributed by atoms with Crippen molar-refractivity contribution in [3.63, 3.8) is 0 Å². The Hall–Kier alpha value is -4.14. The van der Waals surface area contributed by atoms with E-state index in [-0.39, 0.29) is 30.5 Å². The van der Waals surface area contributed by atoms with Gasteiger partial charge in [0.2, 0.25) is 12.7 Å². The van der Waals surface area contributed by atoms with Gasteiger partial charge in [-0.25, -0.2) is 0 Å². The third-order valence-electron chi connectivity index (χ3n) is 4.80. The van der Waals surface area contributed by atoms with Crippen LogP contribution in [0.15, 0.2) is 53.5 Å². The molecule has 0 unspecified atom stereocenters. The highest BCUT2D eigenvalue weighted by Gasteiger charge is 2.21. The summed E-state index contributed by atoms with van der Waals surface area (Å²) in [5, 5.41) is 7.09. The second kappa shape index (κ2) is 7.03. The van der Waals surface area contributed by atoms with Gasteiger partial charge in [0.05, 0.1) is 17.0 Å². The van der Waals surface area contributed by atoms with Crippen LogP contribution in [0.4, 0.5) is 5.82 Å². The van der Waals surface area contributed by atoms with Crippen molar-refractivity contribution in [2.45, 2.75) is 13.3 Å². The highest BCUT2D eigenvalue weighted by Crippen LogP contribution is 2.36. The molecular weight excluding hydrogens is 386 g/mol. The van der Waals surface area contributed by atoms with E-state index in [1.54, 1.807) is 37.4 Å². The van der Waals surface area contributed by atoms with E-state index in [9.17, 15) is 9.59 Å². The highest BCUT2D eigenvalue weighted by atomic mass is 16.7. The van der Waals surface area contributed by atoms with Crippen molar-refractivity contribution in [2.24, 2.45) is 0 Å². The Morgan fingerprint density at radius 3 is 2.87 bits per heavy atom. The molecule has 9 heteroatoms. The lowest BCUT2D eigenvalue weighted by Gasteiger charge is -2.06. The molecule has 4 heterocycles. The standard InChI is InChI=1S/C21H17N5O4/c1-2-17(27)24-20-19(13-5-3-4-8-22-13)21-23-14(10-18(28)26(21)25-20)12-6-7-15-16(9-12)30-11-29-15/h3-10,23H,2,11H2,1H3,(H,24,25,27). The number of aromatic amines is 1. The van der Waals surface area contributed by atoms with Crippen LogP contribution in [0.25, 0.3) is 28.2 Å². The number of pyridine rings is 1. The molecule has 30 heavy (non-hydrogen) atoms. The minimum Gasteiger partial charge on any atom is -0.454 e. The van der Waals surface area contributed by atoms with Crippen LogP contribution in [0.5, 0.6) is 11.5 Å². The smallest absolute Gasteiger partial charge is 0.274 e. The van der Waals surface area contributed by atoms with Gasteiger partial charge in [0.15, 0.2) is 17.3 Å². The molecule has 0 spiro atoms. The molecule has 0 radical (unpaired) electrons. The predicted molar refractivity (Wildman–Crippen MR) is 110 cm³/mol. The third-order valence-corrected chi connectivity index (χ3v) is 4.80. The van der Waals surface area contributed by atoms with E-state index in [0.29, 0.717) is 34.1 Å². The van der Waals surface area contributed by atoms with Gasteiger partial charge in [0.25, 0.3) is 5.56 Å². The molecule has 1 amide bonds. The van der Waals surface area contributed by atoms with E-state index in [2.05, 4.69) is 20.4 Å². The second-order valence-electron chi connectivity index (χ2n) is 6.69.